The van der Waals surface area contributed by atoms with Crippen LogP contribution in [0.3, 0.4) is 0 Å². The third-order valence-electron chi connectivity index (χ3n) is 7.31. The Balaban J connectivity index is 1.38. The molecule has 4 aromatic rings. The number of methoxy groups -OCH3 is 1. The van der Waals surface area contributed by atoms with E-state index in [2.05, 4.69) is 31.9 Å². The Morgan fingerprint density at radius 3 is 2.65 bits per heavy atom. The van der Waals surface area contributed by atoms with Gasteiger partial charge in [-0.15, -0.1) is 5.10 Å². The van der Waals surface area contributed by atoms with E-state index < -0.39 is 18.2 Å². The maximum absolute atomic E-state index is 13.2. The van der Waals surface area contributed by atoms with Crippen LogP contribution in [0.2, 0.25) is 5.02 Å². The van der Waals surface area contributed by atoms with Crippen molar-refractivity contribution >= 4 is 29.0 Å². The van der Waals surface area contributed by atoms with Crippen LogP contribution in [0, 0.1) is 5.92 Å². The van der Waals surface area contributed by atoms with E-state index in [-0.39, 0.29) is 5.92 Å². The third kappa shape index (κ3) is 7.26. The summed E-state index contributed by atoms with van der Waals surface area (Å²) in [6.07, 6.45) is 8.88. The van der Waals surface area contributed by atoms with Crippen molar-refractivity contribution in [3.05, 3.63) is 107 Å². The number of nitrogens with zero attached hydrogens (tertiary/aromatic N) is 4. The zero-order valence-electron chi connectivity index (χ0n) is 23.7. The van der Waals surface area contributed by atoms with E-state index in [4.69, 9.17) is 16.6 Å². The van der Waals surface area contributed by atoms with Crippen LogP contribution in [0.15, 0.2) is 85.2 Å². The SMILES string of the molecule is C=C(/C=C\C(=C/C)c1cc(Cl)ccc1-n1cc(C(F)F)nn1)C(CC1CC1)c1ncc(-c2ccc(NC(=O)OC)cc2)[nH]1. The number of imidazole rings is 1. The van der Waals surface area contributed by atoms with Gasteiger partial charge in [-0.1, -0.05) is 66.6 Å². The molecule has 222 valence electrons. The van der Waals surface area contributed by atoms with Gasteiger partial charge in [-0.05, 0) is 66.3 Å². The largest absolute Gasteiger partial charge is 0.453 e. The molecule has 1 saturated carbocycles. The maximum atomic E-state index is 13.2. The predicted molar refractivity (Wildman–Crippen MR) is 163 cm³/mol. The highest BCUT2D eigenvalue weighted by atomic mass is 35.5. The number of anilines is 1. The molecular formula is C32H31ClF2N6O2. The van der Waals surface area contributed by atoms with E-state index in [0.717, 1.165) is 34.6 Å². The van der Waals surface area contributed by atoms with E-state index >= 15 is 0 Å². The van der Waals surface area contributed by atoms with Crippen molar-refractivity contribution in [2.45, 2.75) is 38.5 Å². The van der Waals surface area contributed by atoms with E-state index in [1.54, 1.807) is 36.5 Å². The number of halogens is 3. The first-order valence-electron chi connectivity index (χ1n) is 13.8. The molecular weight excluding hydrogens is 574 g/mol. The molecule has 1 unspecified atom stereocenters. The summed E-state index contributed by atoms with van der Waals surface area (Å²) in [5, 5.41) is 10.6. The summed E-state index contributed by atoms with van der Waals surface area (Å²) in [5.74, 6) is 1.41. The lowest BCUT2D eigenvalue weighted by Crippen LogP contribution is -2.10. The zero-order chi connectivity index (χ0) is 30.5. The number of carbonyl (C=O) groups excluding carboxylic acids is 1. The summed E-state index contributed by atoms with van der Waals surface area (Å²) in [4.78, 5) is 19.7. The number of hydrogen-bond donors (Lipinski definition) is 2. The number of benzene rings is 2. The van der Waals surface area contributed by atoms with Gasteiger partial charge < -0.3 is 9.72 Å². The molecule has 2 aromatic heterocycles. The number of amides is 1. The number of carbonyl (C=O) groups is 1. The lowest BCUT2D eigenvalue weighted by Gasteiger charge is -2.16. The van der Waals surface area contributed by atoms with Crippen LogP contribution in [-0.4, -0.2) is 38.2 Å². The molecule has 0 aliphatic heterocycles. The van der Waals surface area contributed by atoms with Crippen LogP contribution in [0.1, 0.15) is 55.6 Å². The molecule has 0 radical (unpaired) electrons. The van der Waals surface area contributed by atoms with Crippen LogP contribution in [0.5, 0.6) is 0 Å². The predicted octanol–water partition coefficient (Wildman–Crippen LogP) is 8.53. The Hall–Kier alpha value is -4.57. The van der Waals surface area contributed by atoms with Crippen molar-refractivity contribution in [1.29, 1.82) is 0 Å². The Bertz CT molecular complexity index is 1670. The molecule has 8 nitrogen and oxygen atoms in total. The van der Waals surface area contributed by atoms with E-state index in [0.29, 0.717) is 27.9 Å². The van der Waals surface area contributed by atoms with Gasteiger partial charge in [0.2, 0.25) is 0 Å². The number of rotatable bonds is 11. The second-order valence-electron chi connectivity index (χ2n) is 10.3. The van der Waals surface area contributed by atoms with Crippen molar-refractivity contribution in [3.63, 3.8) is 0 Å². The lowest BCUT2D eigenvalue weighted by molar-refractivity contribution is 0.146. The maximum Gasteiger partial charge on any atom is 0.411 e. The van der Waals surface area contributed by atoms with Gasteiger partial charge >= 0.3 is 6.09 Å². The number of alkyl halides is 2. The van der Waals surface area contributed by atoms with E-state index in [1.807, 2.05) is 37.3 Å². The number of H-pyrrole nitrogens is 1. The van der Waals surface area contributed by atoms with Crippen molar-refractivity contribution in [2.75, 3.05) is 12.4 Å². The average Bonchev–Trinajstić information content (AvgIpc) is 3.46. The van der Waals surface area contributed by atoms with Crippen molar-refractivity contribution in [3.8, 4) is 16.9 Å². The molecule has 0 spiro atoms. The summed E-state index contributed by atoms with van der Waals surface area (Å²) in [7, 11) is 1.32. The highest BCUT2D eigenvalue weighted by molar-refractivity contribution is 6.30. The van der Waals surface area contributed by atoms with Crippen LogP contribution in [0.25, 0.3) is 22.5 Å². The van der Waals surface area contributed by atoms with Crippen LogP contribution < -0.4 is 5.32 Å². The van der Waals surface area contributed by atoms with E-state index in [9.17, 15) is 13.6 Å². The van der Waals surface area contributed by atoms with Crippen molar-refractivity contribution in [1.82, 2.24) is 25.0 Å². The normalized spacial score (nSPS) is 14.3. The first kappa shape index (κ1) is 29.9. The monoisotopic (exact) mass is 604 g/mol. The Morgan fingerprint density at radius 2 is 2.00 bits per heavy atom. The minimum Gasteiger partial charge on any atom is -0.453 e. The van der Waals surface area contributed by atoms with Gasteiger partial charge in [-0.2, -0.15) is 0 Å². The molecule has 5 rings (SSSR count). The Labute approximate surface area is 253 Å². The second kappa shape index (κ2) is 13.2. The Morgan fingerprint density at radius 1 is 1.23 bits per heavy atom. The molecule has 1 aliphatic rings. The van der Waals surface area contributed by atoms with Gasteiger partial charge in [0.1, 0.15) is 11.5 Å². The van der Waals surface area contributed by atoms with E-state index in [1.165, 1.54) is 30.8 Å². The molecule has 2 aromatic carbocycles. The number of aromatic nitrogens is 5. The van der Waals surface area contributed by atoms with Crippen LogP contribution in [-0.2, 0) is 4.74 Å². The average molecular weight is 605 g/mol. The molecule has 43 heavy (non-hydrogen) atoms. The Kier molecular flexibility index (Phi) is 9.16. The van der Waals surface area contributed by atoms with Crippen LogP contribution in [0.4, 0.5) is 19.3 Å². The topological polar surface area (TPSA) is 97.7 Å². The second-order valence-corrected chi connectivity index (χ2v) is 10.7. The molecule has 1 aliphatic carbocycles. The molecule has 1 fully saturated rings. The molecule has 0 saturated heterocycles. The van der Waals surface area contributed by atoms with Gasteiger partial charge in [-0.3, -0.25) is 5.32 Å². The lowest BCUT2D eigenvalue weighted by atomic mass is 9.92. The van der Waals surface area contributed by atoms with Gasteiger partial charge in [0.25, 0.3) is 6.43 Å². The smallest absolute Gasteiger partial charge is 0.411 e. The number of ether oxygens (including phenoxy) is 1. The quantitative estimate of drug-likeness (QED) is 0.167. The number of aromatic amines is 1. The molecule has 0 bridgehead atoms. The third-order valence-corrected chi connectivity index (χ3v) is 7.54. The molecule has 1 atom stereocenters. The zero-order valence-corrected chi connectivity index (χ0v) is 24.5. The molecule has 11 heteroatoms. The summed E-state index contributed by atoms with van der Waals surface area (Å²) in [5.41, 5.74) is 4.99. The molecule has 1 amide bonds. The standard InChI is InChI=1S/C32H31ClF2N6O2/c1-4-21(26-16-23(33)11-14-29(26)41-18-28(30(34)35)39-40-41)8-5-19(2)25(15-20-6-7-20)31-36-17-27(38-31)22-9-12-24(13-10-22)37-32(42)43-3/h4-5,8-14,16-18,20,25,30H,2,6-7,15H2,1,3H3,(H,36,38)(H,37,42)/b8-5-,21-4+. The fraction of sp³-hybridized carbons (Fsp3) is 0.250. The first-order chi connectivity index (χ1) is 20.7. The van der Waals surface area contributed by atoms with Gasteiger partial charge in [0.05, 0.1) is 30.9 Å². The number of hydrogen-bond acceptors (Lipinski definition) is 5. The number of nitrogens with one attached hydrogen (secondary N) is 2. The summed E-state index contributed by atoms with van der Waals surface area (Å²) in [6.45, 7) is 6.29. The highest BCUT2D eigenvalue weighted by Gasteiger charge is 2.29. The van der Waals surface area contributed by atoms with Gasteiger partial charge in [0.15, 0.2) is 0 Å². The summed E-state index contributed by atoms with van der Waals surface area (Å²) < 4.78 is 32.3. The van der Waals surface area contributed by atoms with Crippen molar-refractivity contribution in [2.24, 2.45) is 5.92 Å². The number of allylic oxidation sites excluding steroid dienone is 5. The van der Waals surface area contributed by atoms with Crippen molar-refractivity contribution < 1.29 is 18.3 Å². The van der Waals surface area contributed by atoms with Gasteiger partial charge in [0, 0.05) is 22.2 Å². The summed E-state index contributed by atoms with van der Waals surface area (Å²) >= 11 is 6.34. The minimum absolute atomic E-state index is 0.0291. The van der Waals surface area contributed by atoms with Gasteiger partial charge in [-0.25, -0.2) is 23.2 Å². The summed E-state index contributed by atoms with van der Waals surface area (Å²) in [6, 6.07) is 12.6. The fourth-order valence-corrected chi connectivity index (χ4v) is 4.95. The molecule has 2 N–H and O–H groups in total. The highest BCUT2D eigenvalue weighted by Crippen LogP contribution is 2.41. The van der Waals surface area contributed by atoms with Crippen LogP contribution >= 0.6 is 11.6 Å². The minimum atomic E-state index is -2.72. The molecule has 2 heterocycles. The fourth-order valence-electron chi connectivity index (χ4n) is 4.78. The first-order valence-corrected chi connectivity index (χ1v) is 14.2.